The number of ether oxygens (including phenoxy) is 2. The summed E-state index contributed by atoms with van der Waals surface area (Å²) in [5.41, 5.74) is 2.55. The van der Waals surface area contributed by atoms with Crippen LogP contribution in [0.3, 0.4) is 0 Å². The van der Waals surface area contributed by atoms with Crippen LogP contribution >= 0.6 is 0 Å². The van der Waals surface area contributed by atoms with Crippen molar-refractivity contribution in [2.75, 3.05) is 17.7 Å². The Bertz CT molecular complexity index is 1120. The molecular weight excluding hydrogens is 376 g/mol. The normalized spacial score (nSPS) is 10.3. The van der Waals surface area contributed by atoms with E-state index in [0.29, 0.717) is 11.8 Å². The molecule has 0 amide bonds. The molecule has 0 atom stereocenters. The second kappa shape index (κ2) is 8.96. The van der Waals surface area contributed by atoms with Gasteiger partial charge in [0.2, 0.25) is 5.95 Å². The lowest BCUT2D eigenvalue weighted by Gasteiger charge is -2.12. The highest BCUT2D eigenvalue weighted by molar-refractivity contribution is 5.64. The second-order valence-corrected chi connectivity index (χ2v) is 6.61. The van der Waals surface area contributed by atoms with E-state index in [4.69, 9.17) is 9.47 Å². The van der Waals surface area contributed by atoms with Crippen molar-refractivity contribution in [1.82, 2.24) is 9.97 Å². The third kappa shape index (κ3) is 4.86. The zero-order valence-corrected chi connectivity index (χ0v) is 16.8. The Morgan fingerprint density at radius 1 is 0.733 bits per heavy atom. The summed E-state index contributed by atoms with van der Waals surface area (Å²) < 4.78 is 11.2. The Morgan fingerprint density at radius 3 is 2.20 bits per heavy atom. The SMILES string of the molecule is COc1ccccc1Nc1nc(C)cc(Nc2ccc(Oc3ccccc3)cc2)n1. The zero-order valence-electron chi connectivity index (χ0n) is 16.8. The van der Waals surface area contributed by atoms with Crippen LogP contribution in [0.2, 0.25) is 0 Å². The van der Waals surface area contributed by atoms with E-state index in [1.54, 1.807) is 7.11 Å². The van der Waals surface area contributed by atoms with Gasteiger partial charge in [0.15, 0.2) is 0 Å². The van der Waals surface area contributed by atoms with E-state index in [-0.39, 0.29) is 0 Å². The van der Waals surface area contributed by atoms with Gasteiger partial charge in [-0.05, 0) is 55.5 Å². The molecule has 30 heavy (non-hydrogen) atoms. The molecule has 1 aromatic heterocycles. The number of methoxy groups -OCH3 is 1. The van der Waals surface area contributed by atoms with Crippen LogP contribution in [0.4, 0.5) is 23.1 Å². The summed E-state index contributed by atoms with van der Waals surface area (Å²) in [7, 11) is 1.63. The Morgan fingerprint density at radius 2 is 1.43 bits per heavy atom. The molecule has 3 aromatic carbocycles. The Labute approximate surface area is 175 Å². The number of aromatic nitrogens is 2. The first-order chi connectivity index (χ1) is 14.7. The lowest BCUT2D eigenvalue weighted by Crippen LogP contribution is -2.03. The first-order valence-electron chi connectivity index (χ1n) is 9.55. The predicted molar refractivity (Wildman–Crippen MR) is 119 cm³/mol. The van der Waals surface area contributed by atoms with E-state index in [1.165, 1.54) is 0 Å². The van der Waals surface area contributed by atoms with Gasteiger partial charge in [-0.25, -0.2) is 4.98 Å². The summed E-state index contributed by atoms with van der Waals surface area (Å²) in [6, 6.07) is 27.0. The smallest absolute Gasteiger partial charge is 0.229 e. The molecule has 6 nitrogen and oxygen atoms in total. The summed E-state index contributed by atoms with van der Waals surface area (Å²) in [5, 5.41) is 6.53. The highest BCUT2D eigenvalue weighted by Crippen LogP contribution is 2.27. The molecule has 150 valence electrons. The van der Waals surface area contributed by atoms with E-state index < -0.39 is 0 Å². The molecule has 0 fully saturated rings. The number of aryl methyl sites for hydroxylation is 1. The fourth-order valence-corrected chi connectivity index (χ4v) is 2.94. The van der Waals surface area contributed by atoms with Gasteiger partial charge in [0.1, 0.15) is 23.1 Å². The molecule has 0 saturated heterocycles. The summed E-state index contributed by atoms with van der Waals surface area (Å²) in [4.78, 5) is 9.04. The molecule has 0 unspecified atom stereocenters. The van der Waals surface area contributed by atoms with Gasteiger partial charge in [-0.2, -0.15) is 4.98 Å². The van der Waals surface area contributed by atoms with E-state index in [2.05, 4.69) is 20.6 Å². The summed E-state index contributed by atoms with van der Waals surface area (Å²) >= 11 is 0. The maximum atomic E-state index is 5.83. The van der Waals surface area contributed by atoms with Gasteiger partial charge in [0, 0.05) is 17.4 Å². The molecule has 2 N–H and O–H groups in total. The van der Waals surface area contributed by atoms with Crippen molar-refractivity contribution in [3.05, 3.63) is 90.6 Å². The van der Waals surface area contributed by atoms with Crippen molar-refractivity contribution >= 4 is 23.1 Å². The molecule has 0 bridgehead atoms. The molecular formula is C24H22N4O2. The van der Waals surface area contributed by atoms with Crippen LogP contribution < -0.4 is 20.1 Å². The van der Waals surface area contributed by atoms with Crippen LogP contribution in [0.1, 0.15) is 5.69 Å². The van der Waals surface area contributed by atoms with Gasteiger partial charge in [-0.3, -0.25) is 0 Å². The minimum Gasteiger partial charge on any atom is -0.495 e. The quantitative estimate of drug-likeness (QED) is 0.394. The van der Waals surface area contributed by atoms with Crippen molar-refractivity contribution in [2.45, 2.75) is 6.92 Å². The monoisotopic (exact) mass is 398 g/mol. The number of nitrogens with zero attached hydrogens (tertiary/aromatic N) is 2. The molecule has 0 aliphatic carbocycles. The van der Waals surface area contributed by atoms with Crippen LogP contribution in [0.25, 0.3) is 0 Å². The Kier molecular flexibility index (Phi) is 5.75. The average Bonchev–Trinajstić information content (AvgIpc) is 2.76. The molecule has 0 radical (unpaired) electrons. The Hall–Kier alpha value is -4.06. The molecule has 1 heterocycles. The topological polar surface area (TPSA) is 68.3 Å². The van der Waals surface area contributed by atoms with Crippen LogP contribution in [0.5, 0.6) is 17.2 Å². The lowest BCUT2D eigenvalue weighted by molar-refractivity contribution is 0.417. The number of nitrogens with one attached hydrogen (secondary N) is 2. The number of hydrogen-bond donors (Lipinski definition) is 2. The summed E-state index contributed by atoms with van der Waals surface area (Å²) in [6.45, 7) is 1.93. The second-order valence-electron chi connectivity index (χ2n) is 6.61. The van der Waals surface area contributed by atoms with Crippen molar-refractivity contribution in [3.8, 4) is 17.2 Å². The zero-order chi connectivity index (χ0) is 20.8. The van der Waals surface area contributed by atoms with E-state index in [1.807, 2.05) is 91.9 Å². The van der Waals surface area contributed by atoms with Crippen molar-refractivity contribution in [2.24, 2.45) is 0 Å². The fourth-order valence-electron chi connectivity index (χ4n) is 2.94. The maximum absolute atomic E-state index is 5.83. The van der Waals surface area contributed by atoms with Crippen molar-refractivity contribution in [3.63, 3.8) is 0 Å². The number of benzene rings is 3. The third-order valence-corrected chi connectivity index (χ3v) is 4.31. The van der Waals surface area contributed by atoms with Gasteiger partial charge in [0.25, 0.3) is 0 Å². The van der Waals surface area contributed by atoms with E-state index in [9.17, 15) is 0 Å². The standard InChI is InChI=1S/C24H22N4O2/c1-17-16-23(28-24(25-17)27-21-10-6-7-11-22(21)29-2)26-18-12-14-20(15-13-18)30-19-8-4-3-5-9-19/h3-16H,1-2H3,(H2,25,26,27,28). The predicted octanol–water partition coefficient (Wildman–Crippen LogP) is 6.07. The van der Waals surface area contributed by atoms with Gasteiger partial charge in [-0.15, -0.1) is 0 Å². The van der Waals surface area contributed by atoms with Crippen LogP contribution in [-0.2, 0) is 0 Å². The largest absolute Gasteiger partial charge is 0.495 e. The molecule has 0 aliphatic rings. The molecule has 0 spiro atoms. The van der Waals surface area contributed by atoms with E-state index >= 15 is 0 Å². The summed E-state index contributed by atoms with van der Waals surface area (Å²) in [6.07, 6.45) is 0. The van der Waals surface area contributed by atoms with Gasteiger partial charge in [-0.1, -0.05) is 30.3 Å². The number of anilines is 4. The Balaban J connectivity index is 1.48. The first-order valence-corrected chi connectivity index (χ1v) is 9.55. The molecule has 6 heteroatoms. The number of hydrogen-bond acceptors (Lipinski definition) is 6. The highest BCUT2D eigenvalue weighted by atomic mass is 16.5. The molecule has 0 saturated carbocycles. The average molecular weight is 398 g/mol. The van der Waals surface area contributed by atoms with Gasteiger partial charge >= 0.3 is 0 Å². The molecule has 4 aromatic rings. The minimum atomic E-state index is 0.492. The van der Waals surface area contributed by atoms with Gasteiger partial charge in [0.05, 0.1) is 12.8 Å². The minimum absolute atomic E-state index is 0.492. The highest BCUT2D eigenvalue weighted by Gasteiger charge is 2.07. The first kappa shape index (κ1) is 19.3. The van der Waals surface area contributed by atoms with E-state index in [0.717, 1.165) is 34.3 Å². The number of para-hydroxylation sites is 3. The third-order valence-electron chi connectivity index (χ3n) is 4.31. The van der Waals surface area contributed by atoms with Crippen molar-refractivity contribution < 1.29 is 9.47 Å². The number of rotatable bonds is 7. The molecule has 0 aliphatic heterocycles. The van der Waals surface area contributed by atoms with Gasteiger partial charge < -0.3 is 20.1 Å². The van der Waals surface area contributed by atoms with Crippen molar-refractivity contribution in [1.29, 1.82) is 0 Å². The van der Waals surface area contributed by atoms with Crippen LogP contribution in [-0.4, -0.2) is 17.1 Å². The summed E-state index contributed by atoms with van der Waals surface area (Å²) in [5.74, 6) is 3.48. The van der Waals surface area contributed by atoms with Crippen LogP contribution in [0.15, 0.2) is 84.9 Å². The van der Waals surface area contributed by atoms with Crippen LogP contribution in [0, 0.1) is 6.92 Å². The fraction of sp³-hybridized carbons (Fsp3) is 0.0833. The lowest BCUT2D eigenvalue weighted by atomic mass is 10.3. The molecule has 4 rings (SSSR count). The maximum Gasteiger partial charge on any atom is 0.229 e.